The van der Waals surface area contributed by atoms with E-state index >= 15 is 0 Å². The van der Waals surface area contributed by atoms with E-state index in [0.29, 0.717) is 0 Å². The first-order valence-corrected chi connectivity index (χ1v) is 8.27. The molecule has 122 valence electrons. The van der Waals surface area contributed by atoms with Crippen LogP contribution in [0.5, 0.6) is 5.75 Å². The molecule has 1 atom stereocenters. The van der Waals surface area contributed by atoms with Gasteiger partial charge in [-0.3, -0.25) is 9.89 Å². The second-order valence-electron chi connectivity index (χ2n) is 6.06. The first-order valence-electron chi connectivity index (χ1n) is 8.27. The average molecular weight is 313 g/mol. The Morgan fingerprint density at radius 1 is 1.39 bits per heavy atom. The van der Waals surface area contributed by atoms with Crippen molar-refractivity contribution in [2.75, 3.05) is 6.61 Å². The van der Waals surface area contributed by atoms with Gasteiger partial charge in [-0.2, -0.15) is 5.10 Å². The highest BCUT2D eigenvalue weighted by Gasteiger charge is 2.21. The zero-order valence-electron chi connectivity index (χ0n) is 13.5. The first kappa shape index (κ1) is 15.6. The summed E-state index contributed by atoms with van der Waals surface area (Å²) in [5.74, 6) is 0.662. The number of hydrogen-bond acceptors (Lipinski definition) is 3. The van der Waals surface area contributed by atoms with Gasteiger partial charge in [0.25, 0.3) is 5.91 Å². The van der Waals surface area contributed by atoms with Crippen LogP contribution >= 0.6 is 0 Å². The highest BCUT2D eigenvalue weighted by atomic mass is 16.5. The number of ether oxygens (including phenoxy) is 1. The summed E-state index contributed by atoms with van der Waals surface area (Å²) in [4.78, 5) is 12.0. The molecule has 0 radical (unpaired) electrons. The van der Waals surface area contributed by atoms with Crippen molar-refractivity contribution in [2.24, 2.45) is 0 Å². The number of benzene rings is 1. The molecule has 1 unspecified atom stereocenters. The Kier molecular flexibility index (Phi) is 4.95. The summed E-state index contributed by atoms with van der Waals surface area (Å²) < 4.78 is 5.56. The van der Waals surface area contributed by atoms with Crippen LogP contribution in [0.1, 0.15) is 36.6 Å². The van der Waals surface area contributed by atoms with Crippen LogP contribution in [0.2, 0.25) is 0 Å². The van der Waals surface area contributed by atoms with Gasteiger partial charge in [0.2, 0.25) is 0 Å². The van der Waals surface area contributed by atoms with Gasteiger partial charge in [0.05, 0.1) is 6.20 Å². The lowest BCUT2D eigenvalue weighted by atomic mass is 9.94. The minimum absolute atomic E-state index is 0.0550. The minimum Gasteiger partial charge on any atom is -0.484 e. The molecule has 0 saturated carbocycles. The van der Waals surface area contributed by atoms with Gasteiger partial charge in [-0.25, -0.2) is 0 Å². The summed E-state index contributed by atoms with van der Waals surface area (Å²) in [6.45, 7) is 2.21. The van der Waals surface area contributed by atoms with Crippen molar-refractivity contribution in [2.45, 2.75) is 45.1 Å². The van der Waals surface area contributed by atoms with E-state index in [1.54, 1.807) is 0 Å². The Labute approximate surface area is 136 Å². The molecule has 1 heterocycles. The lowest BCUT2D eigenvalue weighted by Crippen LogP contribution is -2.41. The van der Waals surface area contributed by atoms with Crippen molar-refractivity contribution in [3.8, 4) is 5.75 Å². The van der Waals surface area contributed by atoms with E-state index in [1.807, 2.05) is 18.3 Å². The molecule has 1 aliphatic carbocycles. The fraction of sp³-hybridized carbons (Fsp3) is 0.444. The number of amides is 1. The summed E-state index contributed by atoms with van der Waals surface area (Å²) in [7, 11) is 0. The Balaban J connectivity index is 1.45. The van der Waals surface area contributed by atoms with Crippen LogP contribution in [0, 0.1) is 0 Å². The van der Waals surface area contributed by atoms with E-state index in [-0.39, 0.29) is 18.6 Å². The second-order valence-corrected chi connectivity index (χ2v) is 6.06. The maximum atomic E-state index is 12.0. The minimum atomic E-state index is -0.0735. The molecule has 0 spiro atoms. The van der Waals surface area contributed by atoms with Crippen LogP contribution in [0.15, 0.2) is 30.5 Å². The van der Waals surface area contributed by atoms with Gasteiger partial charge in [0.1, 0.15) is 5.75 Å². The summed E-state index contributed by atoms with van der Waals surface area (Å²) in [5.41, 5.74) is 3.69. The predicted molar refractivity (Wildman–Crippen MR) is 88.5 cm³/mol. The number of hydrogen-bond donors (Lipinski definition) is 2. The summed E-state index contributed by atoms with van der Waals surface area (Å²) in [6.07, 6.45) is 6.78. The molecule has 23 heavy (non-hydrogen) atoms. The van der Waals surface area contributed by atoms with Gasteiger partial charge in [0.15, 0.2) is 6.61 Å². The Hall–Kier alpha value is -2.30. The number of rotatable bonds is 6. The smallest absolute Gasteiger partial charge is 0.258 e. The summed E-state index contributed by atoms with van der Waals surface area (Å²) >= 11 is 0. The highest BCUT2D eigenvalue weighted by Crippen LogP contribution is 2.19. The molecule has 1 amide bonds. The van der Waals surface area contributed by atoms with Crippen molar-refractivity contribution >= 4 is 5.91 Å². The van der Waals surface area contributed by atoms with E-state index in [1.165, 1.54) is 11.1 Å². The number of carbonyl (C=O) groups is 1. The molecule has 1 aliphatic rings. The molecule has 5 heteroatoms. The van der Waals surface area contributed by atoms with E-state index in [0.717, 1.165) is 43.5 Å². The third-order valence-electron chi connectivity index (χ3n) is 4.22. The Bertz CT molecular complexity index is 649. The zero-order valence-corrected chi connectivity index (χ0v) is 13.5. The van der Waals surface area contributed by atoms with Gasteiger partial charge in [0, 0.05) is 18.2 Å². The molecular formula is C18H23N3O2. The molecule has 2 aromatic rings. The molecule has 0 saturated heterocycles. The number of nitrogens with zero attached hydrogens (tertiary/aromatic N) is 1. The third-order valence-corrected chi connectivity index (χ3v) is 4.22. The van der Waals surface area contributed by atoms with Crippen LogP contribution in [0.4, 0.5) is 0 Å². The molecule has 0 fully saturated rings. The molecule has 1 aromatic heterocycles. The van der Waals surface area contributed by atoms with E-state index in [9.17, 15) is 4.79 Å². The van der Waals surface area contributed by atoms with Crippen molar-refractivity contribution in [3.63, 3.8) is 0 Å². The molecule has 2 N–H and O–H groups in total. The maximum absolute atomic E-state index is 12.0. The molecule has 0 bridgehead atoms. The highest BCUT2D eigenvalue weighted by molar-refractivity contribution is 5.77. The summed E-state index contributed by atoms with van der Waals surface area (Å²) in [6, 6.07) is 8.12. The lowest BCUT2D eigenvalue weighted by Gasteiger charge is -2.22. The quantitative estimate of drug-likeness (QED) is 0.860. The fourth-order valence-electron chi connectivity index (χ4n) is 2.99. The normalized spacial score (nSPS) is 16.7. The second kappa shape index (κ2) is 7.31. The average Bonchev–Trinajstić information content (AvgIpc) is 3.02. The molecule has 0 aliphatic heterocycles. The van der Waals surface area contributed by atoms with Gasteiger partial charge in [-0.15, -0.1) is 0 Å². The van der Waals surface area contributed by atoms with Crippen LogP contribution in [0.25, 0.3) is 0 Å². The van der Waals surface area contributed by atoms with Crippen molar-refractivity contribution in [1.82, 2.24) is 15.5 Å². The van der Waals surface area contributed by atoms with Gasteiger partial charge < -0.3 is 10.1 Å². The molecule has 3 rings (SSSR count). The number of aromatic nitrogens is 2. The number of H-pyrrole nitrogens is 1. The molecular weight excluding hydrogens is 290 g/mol. The van der Waals surface area contributed by atoms with Crippen LogP contribution in [0.3, 0.4) is 0 Å². The Morgan fingerprint density at radius 2 is 2.22 bits per heavy atom. The first-order chi connectivity index (χ1) is 11.2. The van der Waals surface area contributed by atoms with E-state index < -0.39 is 0 Å². The fourth-order valence-corrected chi connectivity index (χ4v) is 2.99. The third kappa shape index (κ3) is 4.12. The van der Waals surface area contributed by atoms with Crippen molar-refractivity contribution in [1.29, 1.82) is 0 Å². The van der Waals surface area contributed by atoms with Crippen LogP contribution in [-0.2, 0) is 24.1 Å². The SMILES string of the molecule is CCCc1ccc(OCC(=O)NC2CCc3cn[nH]c3C2)cc1. The van der Waals surface area contributed by atoms with E-state index in [2.05, 4.69) is 34.6 Å². The topological polar surface area (TPSA) is 67.0 Å². The molecule has 5 nitrogen and oxygen atoms in total. The maximum Gasteiger partial charge on any atom is 0.258 e. The number of aryl methyl sites for hydroxylation is 2. The monoisotopic (exact) mass is 313 g/mol. The van der Waals surface area contributed by atoms with Crippen LogP contribution in [-0.4, -0.2) is 28.8 Å². The number of aromatic amines is 1. The van der Waals surface area contributed by atoms with Gasteiger partial charge in [-0.05, 0) is 42.5 Å². The van der Waals surface area contributed by atoms with Gasteiger partial charge in [-0.1, -0.05) is 25.5 Å². The predicted octanol–water partition coefficient (Wildman–Crippen LogP) is 2.41. The zero-order chi connectivity index (χ0) is 16.1. The lowest BCUT2D eigenvalue weighted by molar-refractivity contribution is -0.123. The Morgan fingerprint density at radius 3 is 3.00 bits per heavy atom. The summed E-state index contributed by atoms with van der Waals surface area (Å²) in [5, 5.41) is 10.1. The standard InChI is InChI=1S/C18H23N3O2/c1-2-3-13-4-8-16(9-5-13)23-12-18(22)20-15-7-6-14-11-19-21-17(14)10-15/h4-5,8-9,11,15H,2-3,6-7,10,12H2,1H3,(H,19,21)(H,20,22). The number of nitrogens with one attached hydrogen (secondary N) is 2. The van der Waals surface area contributed by atoms with Crippen LogP contribution < -0.4 is 10.1 Å². The largest absolute Gasteiger partial charge is 0.484 e. The number of carbonyl (C=O) groups excluding carboxylic acids is 1. The van der Waals surface area contributed by atoms with Gasteiger partial charge >= 0.3 is 0 Å². The number of fused-ring (bicyclic) bond motifs is 1. The van der Waals surface area contributed by atoms with Crippen molar-refractivity contribution < 1.29 is 9.53 Å². The van der Waals surface area contributed by atoms with Crippen molar-refractivity contribution in [3.05, 3.63) is 47.3 Å². The molecule has 1 aromatic carbocycles. The van der Waals surface area contributed by atoms with E-state index in [4.69, 9.17) is 4.74 Å².